The standard InChI is InChI=1S/C19H18F5N5OS/c1-10-6-11(4-5-14(10)31-3)26-18(30)17-25-7-13(28(17)2)12-8-29(9-15(20)21)27-16(12)19(22,23)24/h4-8,15H,9H2,1-3H3,(H,26,30). The number of aryl methyl sites for hydroxylation is 1. The number of nitrogens with one attached hydrogen (secondary N) is 1. The van der Waals surface area contributed by atoms with Gasteiger partial charge in [0.2, 0.25) is 0 Å². The fourth-order valence-electron chi connectivity index (χ4n) is 3.07. The Morgan fingerprint density at radius 3 is 2.58 bits per heavy atom. The Labute approximate surface area is 178 Å². The normalized spacial score (nSPS) is 11.9. The Kier molecular flexibility index (Phi) is 6.39. The maximum absolute atomic E-state index is 13.4. The topological polar surface area (TPSA) is 64.7 Å². The van der Waals surface area contributed by atoms with E-state index in [1.165, 1.54) is 7.05 Å². The highest BCUT2D eigenvalue weighted by atomic mass is 32.2. The molecule has 0 aliphatic carbocycles. The number of carbonyl (C=O) groups excluding carboxylic acids is 1. The second-order valence-corrected chi connectivity index (χ2v) is 7.51. The molecule has 2 heterocycles. The van der Waals surface area contributed by atoms with Gasteiger partial charge in [-0.25, -0.2) is 13.8 Å². The molecule has 0 spiro atoms. The van der Waals surface area contributed by atoms with Gasteiger partial charge in [0.25, 0.3) is 12.3 Å². The SMILES string of the molecule is CSc1ccc(NC(=O)c2ncc(-c3cn(CC(F)F)nc3C(F)(F)F)n2C)cc1C. The largest absolute Gasteiger partial charge is 0.435 e. The van der Waals surface area contributed by atoms with Gasteiger partial charge < -0.3 is 9.88 Å². The molecule has 0 aliphatic rings. The van der Waals surface area contributed by atoms with Crippen molar-refractivity contribution in [2.75, 3.05) is 11.6 Å². The van der Waals surface area contributed by atoms with Crippen LogP contribution < -0.4 is 5.32 Å². The number of benzene rings is 1. The van der Waals surface area contributed by atoms with Crippen LogP contribution in [0, 0.1) is 6.92 Å². The minimum Gasteiger partial charge on any atom is -0.323 e. The van der Waals surface area contributed by atoms with E-state index in [9.17, 15) is 26.7 Å². The third kappa shape index (κ3) is 4.89. The number of hydrogen-bond acceptors (Lipinski definition) is 4. The van der Waals surface area contributed by atoms with Crippen LogP contribution in [0.4, 0.5) is 27.6 Å². The predicted octanol–water partition coefficient (Wildman–Crippen LogP) is 4.85. The molecule has 1 N–H and O–H groups in total. The summed E-state index contributed by atoms with van der Waals surface area (Å²) in [5, 5.41) is 5.91. The number of carbonyl (C=O) groups is 1. The lowest BCUT2D eigenvalue weighted by Crippen LogP contribution is -2.17. The molecular formula is C19H18F5N5OS. The van der Waals surface area contributed by atoms with Gasteiger partial charge in [-0.3, -0.25) is 9.48 Å². The van der Waals surface area contributed by atoms with E-state index in [0.717, 1.165) is 27.4 Å². The Bertz CT molecular complexity index is 1110. The van der Waals surface area contributed by atoms with Gasteiger partial charge in [-0.15, -0.1) is 11.8 Å². The van der Waals surface area contributed by atoms with Crippen molar-refractivity contribution in [2.45, 2.75) is 31.0 Å². The van der Waals surface area contributed by atoms with Crippen molar-refractivity contribution >= 4 is 23.4 Å². The van der Waals surface area contributed by atoms with Crippen molar-refractivity contribution in [3.8, 4) is 11.3 Å². The molecule has 0 radical (unpaired) electrons. The molecule has 3 rings (SSSR count). The summed E-state index contributed by atoms with van der Waals surface area (Å²) in [7, 11) is 1.37. The van der Waals surface area contributed by atoms with E-state index < -0.39 is 36.3 Å². The average molecular weight is 459 g/mol. The first kappa shape index (κ1) is 22.8. The Morgan fingerprint density at radius 2 is 2.00 bits per heavy atom. The van der Waals surface area contributed by atoms with Gasteiger partial charge in [0.05, 0.1) is 17.5 Å². The summed E-state index contributed by atoms with van der Waals surface area (Å²) >= 11 is 1.56. The van der Waals surface area contributed by atoms with Crippen molar-refractivity contribution in [1.82, 2.24) is 19.3 Å². The van der Waals surface area contributed by atoms with E-state index in [1.807, 2.05) is 19.2 Å². The van der Waals surface area contributed by atoms with Crippen LogP contribution in [0.5, 0.6) is 0 Å². The predicted molar refractivity (Wildman–Crippen MR) is 106 cm³/mol. The van der Waals surface area contributed by atoms with Crippen LogP contribution >= 0.6 is 11.8 Å². The Morgan fingerprint density at radius 1 is 1.29 bits per heavy atom. The molecule has 2 aromatic heterocycles. The second-order valence-electron chi connectivity index (χ2n) is 6.67. The fourth-order valence-corrected chi connectivity index (χ4v) is 3.65. The zero-order chi connectivity index (χ0) is 22.9. The van der Waals surface area contributed by atoms with Crippen LogP contribution in [0.25, 0.3) is 11.3 Å². The van der Waals surface area contributed by atoms with Crippen LogP contribution in [-0.2, 0) is 19.8 Å². The number of rotatable bonds is 6. The molecule has 0 unspecified atom stereocenters. The van der Waals surface area contributed by atoms with E-state index >= 15 is 0 Å². The average Bonchev–Trinajstić information content (AvgIpc) is 3.24. The molecule has 0 bridgehead atoms. The molecule has 0 fully saturated rings. The molecule has 31 heavy (non-hydrogen) atoms. The summed E-state index contributed by atoms with van der Waals surface area (Å²) in [6.45, 7) is 0.899. The molecule has 6 nitrogen and oxygen atoms in total. The number of anilines is 1. The van der Waals surface area contributed by atoms with Crippen LogP contribution in [0.15, 0.2) is 35.5 Å². The van der Waals surface area contributed by atoms with Crippen LogP contribution in [0.2, 0.25) is 0 Å². The number of aromatic nitrogens is 4. The molecule has 3 aromatic rings. The summed E-state index contributed by atoms with van der Waals surface area (Å²) in [5.74, 6) is -0.769. The van der Waals surface area contributed by atoms with Gasteiger partial charge in [0.15, 0.2) is 11.5 Å². The maximum atomic E-state index is 13.4. The summed E-state index contributed by atoms with van der Waals surface area (Å²) in [4.78, 5) is 17.6. The molecule has 0 aliphatic heterocycles. The molecule has 1 aromatic carbocycles. The van der Waals surface area contributed by atoms with E-state index in [2.05, 4.69) is 15.4 Å². The number of amides is 1. The summed E-state index contributed by atoms with van der Waals surface area (Å²) in [5.41, 5.74) is -0.390. The van der Waals surface area contributed by atoms with E-state index in [-0.39, 0.29) is 11.5 Å². The Hall–Kier alpha value is -2.89. The highest BCUT2D eigenvalue weighted by molar-refractivity contribution is 7.98. The van der Waals surface area contributed by atoms with E-state index in [0.29, 0.717) is 10.4 Å². The summed E-state index contributed by atoms with van der Waals surface area (Å²) < 4.78 is 67.1. The highest BCUT2D eigenvalue weighted by Crippen LogP contribution is 2.36. The minimum atomic E-state index is -4.87. The number of hydrogen-bond donors (Lipinski definition) is 1. The zero-order valence-electron chi connectivity index (χ0n) is 16.7. The number of nitrogens with zero attached hydrogens (tertiary/aromatic N) is 4. The highest BCUT2D eigenvalue weighted by Gasteiger charge is 2.38. The quantitative estimate of drug-likeness (QED) is 0.423. The summed E-state index contributed by atoms with van der Waals surface area (Å²) in [6.07, 6.45) is -3.86. The van der Waals surface area contributed by atoms with E-state index in [4.69, 9.17) is 0 Å². The number of imidazole rings is 1. The number of alkyl halides is 5. The Balaban J connectivity index is 1.93. The van der Waals surface area contributed by atoms with Gasteiger partial charge in [0, 0.05) is 23.8 Å². The molecular weight excluding hydrogens is 441 g/mol. The lowest BCUT2D eigenvalue weighted by atomic mass is 10.2. The van der Waals surface area contributed by atoms with Crippen LogP contribution in [0.3, 0.4) is 0 Å². The monoisotopic (exact) mass is 459 g/mol. The summed E-state index contributed by atoms with van der Waals surface area (Å²) in [6, 6.07) is 5.31. The molecule has 1 amide bonds. The van der Waals surface area contributed by atoms with Crippen molar-refractivity contribution in [1.29, 1.82) is 0 Å². The molecule has 166 valence electrons. The van der Waals surface area contributed by atoms with Crippen LogP contribution in [0.1, 0.15) is 21.9 Å². The molecule has 0 saturated heterocycles. The van der Waals surface area contributed by atoms with Gasteiger partial charge in [-0.05, 0) is 36.9 Å². The first-order chi connectivity index (χ1) is 14.5. The van der Waals surface area contributed by atoms with Crippen molar-refractivity contribution < 1.29 is 26.7 Å². The zero-order valence-corrected chi connectivity index (χ0v) is 17.5. The third-order valence-corrected chi connectivity index (χ3v) is 5.37. The smallest absolute Gasteiger partial charge is 0.323 e. The van der Waals surface area contributed by atoms with Gasteiger partial charge in [-0.2, -0.15) is 18.3 Å². The number of thioether (sulfide) groups is 1. The second kappa shape index (κ2) is 8.69. The van der Waals surface area contributed by atoms with Gasteiger partial charge in [-0.1, -0.05) is 0 Å². The van der Waals surface area contributed by atoms with Gasteiger partial charge in [0.1, 0.15) is 6.54 Å². The lowest BCUT2D eigenvalue weighted by molar-refractivity contribution is -0.141. The van der Waals surface area contributed by atoms with Crippen molar-refractivity contribution in [3.05, 3.63) is 47.7 Å². The van der Waals surface area contributed by atoms with Crippen molar-refractivity contribution in [2.24, 2.45) is 7.05 Å². The van der Waals surface area contributed by atoms with Crippen molar-refractivity contribution in [3.63, 3.8) is 0 Å². The fraction of sp³-hybridized carbons (Fsp3) is 0.316. The third-order valence-electron chi connectivity index (χ3n) is 4.48. The maximum Gasteiger partial charge on any atom is 0.435 e. The molecule has 12 heteroatoms. The first-order valence-electron chi connectivity index (χ1n) is 8.92. The number of halogens is 5. The molecule has 0 saturated carbocycles. The molecule has 0 atom stereocenters. The van der Waals surface area contributed by atoms with E-state index in [1.54, 1.807) is 23.9 Å². The first-order valence-corrected chi connectivity index (χ1v) is 10.1. The minimum absolute atomic E-state index is 0.0769. The van der Waals surface area contributed by atoms with Gasteiger partial charge >= 0.3 is 6.18 Å². The van der Waals surface area contributed by atoms with Crippen LogP contribution in [-0.4, -0.2) is 37.9 Å². The lowest BCUT2D eigenvalue weighted by Gasteiger charge is -2.10.